The van der Waals surface area contributed by atoms with Gasteiger partial charge in [0.25, 0.3) is 0 Å². The van der Waals surface area contributed by atoms with Gasteiger partial charge in [-0.1, -0.05) is 6.07 Å². The first-order chi connectivity index (χ1) is 11.7. The highest BCUT2D eigenvalue weighted by molar-refractivity contribution is 5.90. The molecule has 1 aromatic carbocycles. The fourth-order valence-corrected chi connectivity index (χ4v) is 2.21. The van der Waals surface area contributed by atoms with E-state index in [0.717, 1.165) is 0 Å². The highest BCUT2D eigenvalue weighted by Crippen LogP contribution is 2.25. The van der Waals surface area contributed by atoms with Crippen molar-refractivity contribution < 1.29 is 13.9 Å². The van der Waals surface area contributed by atoms with Crippen LogP contribution in [0.2, 0.25) is 0 Å². The van der Waals surface area contributed by atoms with E-state index in [-0.39, 0.29) is 12.3 Å². The molecule has 0 radical (unpaired) electrons. The Balaban J connectivity index is 1.66. The maximum absolute atomic E-state index is 13.3. The zero-order valence-electron chi connectivity index (χ0n) is 13.0. The number of urea groups is 1. The number of hydrogen-bond donors (Lipinski definition) is 2. The first-order valence-electron chi connectivity index (χ1n) is 7.43. The summed E-state index contributed by atoms with van der Waals surface area (Å²) in [6.45, 7) is 2.35. The van der Waals surface area contributed by atoms with Crippen LogP contribution in [0, 0.1) is 5.82 Å². The summed E-state index contributed by atoms with van der Waals surface area (Å²) in [7, 11) is 0. The van der Waals surface area contributed by atoms with E-state index in [2.05, 4.69) is 20.8 Å². The van der Waals surface area contributed by atoms with Crippen LogP contribution in [0.15, 0.2) is 42.6 Å². The van der Waals surface area contributed by atoms with Crippen LogP contribution in [0.1, 0.15) is 12.7 Å². The highest BCUT2D eigenvalue weighted by Gasteiger charge is 2.10. The molecule has 24 heavy (non-hydrogen) atoms. The molecule has 3 rings (SSSR count). The monoisotopic (exact) mass is 329 g/mol. The van der Waals surface area contributed by atoms with E-state index in [1.807, 2.05) is 24.4 Å². The van der Waals surface area contributed by atoms with Crippen LogP contribution < -0.4 is 15.4 Å². The number of anilines is 1. The molecule has 0 unspecified atom stereocenters. The van der Waals surface area contributed by atoms with Gasteiger partial charge in [-0.2, -0.15) is 0 Å². The molecule has 0 aliphatic carbocycles. The number of amides is 2. The molecule has 8 heteroatoms. The van der Waals surface area contributed by atoms with Gasteiger partial charge in [-0.15, -0.1) is 10.2 Å². The Morgan fingerprint density at radius 3 is 3.00 bits per heavy atom. The van der Waals surface area contributed by atoms with Crippen molar-refractivity contribution in [3.05, 3.63) is 54.2 Å². The Kier molecular flexibility index (Phi) is 4.55. The molecule has 0 fully saturated rings. The first kappa shape index (κ1) is 15.7. The van der Waals surface area contributed by atoms with Crippen LogP contribution in [-0.4, -0.2) is 27.2 Å². The van der Waals surface area contributed by atoms with Crippen LogP contribution in [0.4, 0.5) is 14.9 Å². The summed E-state index contributed by atoms with van der Waals surface area (Å²) < 4.78 is 20.4. The minimum absolute atomic E-state index is 0.197. The van der Waals surface area contributed by atoms with Gasteiger partial charge in [0.2, 0.25) is 0 Å². The Morgan fingerprint density at radius 2 is 2.17 bits per heavy atom. The molecule has 2 amide bonds. The lowest BCUT2D eigenvalue weighted by molar-refractivity contribution is 0.251. The van der Waals surface area contributed by atoms with E-state index in [1.54, 1.807) is 11.3 Å². The number of ether oxygens (including phenoxy) is 1. The third kappa shape index (κ3) is 3.43. The van der Waals surface area contributed by atoms with E-state index in [1.165, 1.54) is 18.2 Å². The molecule has 3 aromatic rings. The quantitative estimate of drug-likeness (QED) is 0.754. The summed E-state index contributed by atoms with van der Waals surface area (Å²) in [6, 6.07) is 9.02. The zero-order valence-corrected chi connectivity index (χ0v) is 13.0. The number of carbonyl (C=O) groups excluding carboxylic acids is 1. The Labute approximate surface area is 137 Å². The maximum atomic E-state index is 13.3. The van der Waals surface area contributed by atoms with Gasteiger partial charge in [-0.3, -0.25) is 4.40 Å². The number of halogens is 1. The summed E-state index contributed by atoms with van der Waals surface area (Å²) in [5.74, 6) is 0.449. The van der Waals surface area contributed by atoms with Crippen molar-refractivity contribution in [2.75, 3.05) is 11.9 Å². The Bertz CT molecular complexity index is 865. The highest BCUT2D eigenvalue weighted by atomic mass is 19.1. The molecule has 0 saturated heterocycles. The predicted molar refractivity (Wildman–Crippen MR) is 86.4 cm³/mol. The van der Waals surface area contributed by atoms with Gasteiger partial charge < -0.3 is 15.4 Å². The number of hydrogen-bond acceptors (Lipinski definition) is 4. The summed E-state index contributed by atoms with van der Waals surface area (Å²) >= 11 is 0. The van der Waals surface area contributed by atoms with Crippen LogP contribution in [0.3, 0.4) is 0 Å². The normalized spacial score (nSPS) is 10.6. The van der Waals surface area contributed by atoms with Gasteiger partial charge in [0.15, 0.2) is 11.5 Å². The Morgan fingerprint density at radius 1 is 1.29 bits per heavy atom. The van der Waals surface area contributed by atoms with Crippen molar-refractivity contribution in [1.82, 2.24) is 19.9 Å². The number of nitrogens with one attached hydrogen (secondary N) is 2. The van der Waals surface area contributed by atoms with Crippen molar-refractivity contribution in [1.29, 1.82) is 0 Å². The van der Waals surface area contributed by atoms with Gasteiger partial charge in [0.1, 0.15) is 11.6 Å². The molecule has 2 heterocycles. The lowest BCUT2D eigenvalue weighted by Gasteiger charge is -2.12. The SMILES string of the molecule is CCOc1cc(F)ccc1NC(=O)NCc1nnc2ccccn12. The Hall–Kier alpha value is -3.16. The molecule has 0 bridgehead atoms. The third-order valence-corrected chi connectivity index (χ3v) is 3.28. The second kappa shape index (κ2) is 6.95. The third-order valence-electron chi connectivity index (χ3n) is 3.28. The average Bonchev–Trinajstić information content (AvgIpc) is 2.99. The standard InChI is InChI=1S/C16H16FN5O2/c1-2-24-13-9-11(17)6-7-12(13)19-16(23)18-10-15-21-20-14-5-3-4-8-22(14)15/h3-9H,2,10H2,1H3,(H2,18,19,23). The van der Waals surface area contributed by atoms with Crippen LogP contribution in [-0.2, 0) is 6.54 Å². The largest absolute Gasteiger partial charge is 0.492 e. The first-order valence-corrected chi connectivity index (χ1v) is 7.43. The van der Waals surface area contributed by atoms with Crippen LogP contribution in [0.25, 0.3) is 5.65 Å². The van der Waals surface area contributed by atoms with Crippen molar-refractivity contribution in [2.24, 2.45) is 0 Å². The number of aromatic nitrogens is 3. The van der Waals surface area contributed by atoms with Crippen LogP contribution >= 0.6 is 0 Å². The van der Waals surface area contributed by atoms with Crippen molar-refractivity contribution in [3.63, 3.8) is 0 Å². The minimum Gasteiger partial charge on any atom is -0.492 e. The second-order valence-electron chi connectivity index (χ2n) is 4.93. The summed E-state index contributed by atoms with van der Waals surface area (Å²) in [5, 5.41) is 13.4. The number of pyridine rings is 1. The topological polar surface area (TPSA) is 80.5 Å². The summed E-state index contributed by atoms with van der Waals surface area (Å²) in [4.78, 5) is 12.1. The van der Waals surface area contributed by atoms with Crippen molar-refractivity contribution in [2.45, 2.75) is 13.5 Å². The van der Waals surface area contributed by atoms with E-state index in [4.69, 9.17) is 4.74 Å². The summed E-state index contributed by atoms with van der Waals surface area (Å²) in [5.41, 5.74) is 1.09. The lowest BCUT2D eigenvalue weighted by Crippen LogP contribution is -2.29. The van der Waals surface area contributed by atoms with Crippen LogP contribution in [0.5, 0.6) is 5.75 Å². The number of fused-ring (bicyclic) bond motifs is 1. The molecule has 2 N–H and O–H groups in total. The number of benzene rings is 1. The van der Waals surface area contributed by atoms with E-state index < -0.39 is 11.8 Å². The second-order valence-corrected chi connectivity index (χ2v) is 4.93. The molecule has 0 saturated carbocycles. The number of carbonyl (C=O) groups is 1. The smallest absolute Gasteiger partial charge is 0.319 e. The van der Waals surface area contributed by atoms with Gasteiger partial charge in [-0.05, 0) is 31.2 Å². The van der Waals surface area contributed by atoms with Gasteiger partial charge in [0.05, 0.1) is 18.8 Å². The predicted octanol–water partition coefficient (Wildman–Crippen LogP) is 2.59. The molecule has 0 aliphatic rings. The fraction of sp³-hybridized carbons (Fsp3) is 0.188. The minimum atomic E-state index is -0.449. The van der Waals surface area contributed by atoms with E-state index in [9.17, 15) is 9.18 Å². The van der Waals surface area contributed by atoms with Crippen molar-refractivity contribution in [3.8, 4) is 5.75 Å². The van der Waals surface area contributed by atoms with E-state index >= 15 is 0 Å². The molecular weight excluding hydrogens is 313 g/mol. The maximum Gasteiger partial charge on any atom is 0.319 e. The molecule has 0 aliphatic heterocycles. The molecular formula is C16H16FN5O2. The van der Waals surface area contributed by atoms with Gasteiger partial charge in [0, 0.05) is 12.3 Å². The molecule has 0 spiro atoms. The number of rotatable bonds is 5. The molecule has 0 atom stereocenters. The number of nitrogens with zero attached hydrogens (tertiary/aromatic N) is 3. The fourth-order valence-electron chi connectivity index (χ4n) is 2.21. The van der Waals surface area contributed by atoms with Crippen molar-refractivity contribution >= 4 is 17.4 Å². The molecule has 2 aromatic heterocycles. The lowest BCUT2D eigenvalue weighted by atomic mass is 10.3. The molecule has 7 nitrogen and oxygen atoms in total. The van der Waals surface area contributed by atoms with E-state index in [0.29, 0.717) is 23.8 Å². The zero-order chi connectivity index (χ0) is 16.9. The average molecular weight is 329 g/mol. The summed E-state index contributed by atoms with van der Waals surface area (Å²) in [6.07, 6.45) is 1.82. The molecule has 124 valence electrons. The van der Waals surface area contributed by atoms with Gasteiger partial charge >= 0.3 is 6.03 Å². The van der Waals surface area contributed by atoms with Gasteiger partial charge in [-0.25, -0.2) is 9.18 Å².